The molecular formula is C23H23N3O3S2. The zero-order chi connectivity index (χ0) is 21.5. The van der Waals surface area contributed by atoms with Crippen molar-refractivity contribution in [2.24, 2.45) is 0 Å². The molecule has 1 fully saturated rings. The summed E-state index contributed by atoms with van der Waals surface area (Å²) >= 11 is 3.26. The molecular weight excluding hydrogens is 430 g/mol. The maximum atomic E-state index is 12.7. The van der Waals surface area contributed by atoms with E-state index in [0.29, 0.717) is 23.4 Å². The van der Waals surface area contributed by atoms with Crippen LogP contribution < -0.4 is 10.6 Å². The topological polar surface area (TPSA) is 80.3 Å². The molecule has 0 bridgehead atoms. The van der Waals surface area contributed by atoms with Crippen molar-refractivity contribution in [1.29, 1.82) is 0 Å². The summed E-state index contributed by atoms with van der Waals surface area (Å²) < 4.78 is 5.55. The number of thioether (sulfide) groups is 1. The summed E-state index contributed by atoms with van der Waals surface area (Å²) in [5, 5.41) is 7.80. The van der Waals surface area contributed by atoms with E-state index < -0.39 is 0 Å². The predicted molar refractivity (Wildman–Crippen MR) is 124 cm³/mol. The average Bonchev–Trinajstić information content (AvgIpc) is 3.51. The van der Waals surface area contributed by atoms with Crippen molar-refractivity contribution in [3.05, 3.63) is 76.2 Å². The maximum Gasteiger partial charge on any atom is 0.255 e. The smallest absolute Gasteiger partial charge is 0.255 e. The lowest BCUT2D eigenvalue weighted by Gasteiger charge is -2.14. The Labute approximate surface area is 189 Å². The minimum absolute atomic E-state index is 0.0672. The number of nitrogens with zero attached hydrogens (tertiary/aromatic N) is 1. The molecule has 2 heterocycles. The first-order valence-corrected chi connectivity index (χ1v) is 12.0. The molecule has 1 aliphatic heterocycles. The lowest BCUT2D eigenvalue weighted by atomic mass is 10.1. The Balaban J connectivity index is 1.36. The number of thiazole rings is 1. The van der Waals surface area contributed by atoms with Crippen LogP contribution >= 0.6 is 23.1 Å². The summed E-state index contributed by atoms with van der Waals surface area (Å²) in [6, 6.07) is 14.4. The molecule has 160 valence electrons. The normalized spacial score (nSPS) is 15.5. The van der Waals surface area contributed by atoms with Crippen LogP contribution in [0.1, 0.15) is 39.3 Å². The van der Waals surface area contributed by atoms with Crippen molar-refractivity contribution in [3.8, 4) is 0 Å². The van der Waals surface area contributed by atoms with Gasteiger partial charge < -0.3 is 15.4 Å². The van der Waals surface area contributed by atoms with Gasteiger partial charge in [0.25, 0.3) is 11.8 Å². The van der Waals surface area contributed by atoms with Gasteiger partial charge in [-0.1, -0.05) is 12.1 Å². The van der Waals surface area contributed by atoms with Crippen molar-refractivity contribution in [2.45, 2.75) is 29.6 Å². The second-order valence-corrected chi connectivity index (χ2v) is 8.91. The molecule has 3 aromatic rings. The Morgan fingerprint density at radius 2 is 1.97 bits per heavy atom. The number of aromatic nitrogens is 1. The highest BCUT2D eigenvalue weighted by Gasteiger charge is 2.18. The molecule has 1 aliphatic rings. The van der Waals surface area contributed by atoms with E-state index in [1.54, 1.807) is 59.5 Å². The number of nitrogens with one attached hydrogen (secondary N) is 2. The number of rotatable bonds is 8. The van der Waals surface area contributed by atoms with Crippen molar-refractivity contribution < 1.29 is 14.3 Å². The van der Waals surface area contributed by atoms with Crippen LogP contribution in [0, 0.1) is 0 Å². The van der Waals surface area contributed by atoms with E-state index in [1.165, 1.54) is 0 Å². The summed E-state index contributed by atoms with van der Waals surface area (Å²) in [6.07, 6.45) is 2.05. The fourth-order valence-corrected chi connectivity index (χ4v) is 4.73. The SMILES string of the molecule is O=C(Nc1ccccc1C(=O)NCC1CCCO1)c1ccc(SCc2cscn2)cc1. The molecule has 6 nitrogen and oxygen atoms in total. The molecule has 0 aliphatic carbocycles. The van der Waals surface area contributed by atoms with Gasteiger partial charge in [-0.05, 0) is 49.2 Å². The number of hydrogen-bond donors (Lipinski definition) is 2. The largest absolute Gasteiger partial charge is 0.376 e. The molecule has 0 spiro atoms. The molecule has 4 rings (SSSR count). The molecule has 2 aromatic carbocycles. The lowest BCUT2D eigenvalue weighted by molar-refractivity contribution is 0.0858. The second-order valence-electron chi connectivity index (χ2n) is 7.14. The van der Waals surface area contributed by atoms with E-state index in [0.717, 1.165) is 35.8 Å². The van der Waals surface area contributed by atoms with Crippen LogP contribution in [-0.4, -0.2) is 36.1 Å². The summed E-state index contributed by atoms with van der Waals surface area (Å²) in [7, 11) is 0. The Hall–Kier alpha value is -2.68. The third-order valence-corrected chi connectivity index (χ3v) is 6.60. The van der Waals surface area contributed by atoms with Gasteiger partial charge in [-0.15, -0.1) is 23.1 Å². The Bertz CT molecular complexity index is 1020. The van der Waals surface area contributed by atoms with Gasteiger partial charge in [0.05, 0.1) is 28.6 Å². The van der Waals surface area contributed by atoms with E-state index in [1.807, 2.05) is 23.0 Å². The molecule has 2 N–H and O–H groups in total. The van der Waals surface area contributed by atoms with E-state index in [4.69, 9.17) is 4.74 Å². The van der Waals surface area contributed by atoms with Crippen molar-refractivity contribution in [1.82, 2.24) is 10.3 Å². The van der Waals surface area contributed by atoms with Crippen LogP contribution in [0.25, 0.3) is 0 Å². The summed E-state index contributed by atoms with van der Waals surface area (Å²) in [5.74, 6) is 0.319. The number of hydrogen-bond acceptors (Lipinski definition) is 6. The number of anilines is 1. The van der Waals surface area contributed by atoms with Gasteiger partial charge in [0, 0.05) is 34.7 Å². The first-order valence-electron chi connectivity index (χ1n) is 10.1. The first kappa shape index (κ1) is 21.5. The standard InChI is InChI=1S/C23H23N3O3S2/c27-22(16-7-9-19(10-8-16)31-14-17-13-30-15-25-17)26-21-6-2-1-5-20(21)23(28)24-12-18-4-3-11-29-18/h1-2,5-10,13,15,18H,3-4,11-12,14H2,(H,24,28)(H,26,27). The molecule has 1 atom stereocenters. The number of para-hydroxylation sites is 1. The fourth-order valence-electron chi connectivity index (χ4n) is 3.26. The zero-order valence-corrected chi connectivity index (χ0v) is 18.5. The predicted octanol–water partition coefficient (Wildman–Crippen LogP) is 4.60. The highest BCUT2D eigenvalue weighted by atomic mass is 32.2. The molecule has 31 heavy (non-hydrogen) atoms. The third-order valence-electron chi connectivity index (χ3n) is 4.92. The molecule has 8 heteroatoms. The van der Waals surface area contributed by atoms with E-state index in [2.05, 4.69) is 15.6 Å². The van der Waals surface area contributed by atoms with Gasteiger partial charge >= 0.3 is 0 Å². The lowest BCUT2D eigenvalue weighted by Crippen LogP contribution is -2.32. The Morgan fingerprint density at radius 3 is 2.71 bits per heavy atom. The Morgan fingerprint density at radius 1 is 1.13 bits per heavy atom. The number of benzene rings is 2. The summed E-state index contributed by atoms with van der Waals surface area (Å²) in [6.45, 7) is 1.22. The highest BCUT2D eigenvalue weighted by molar-refractivity contribution is 7.98. The molecule has 1 unspecified atom stereocenters. The van der Waals surface area contributed by atoms with Crippen LogP contribution in [0.2, 0.25) is 0 Å². The van der Waals surface area contributed by atoms with Gasteiger partial charge in [-0.2, -0.15) is 0 Å². The minimum Gasteiger partial charge on any atom is -0.376 e. The monoisotopic (exact) mass is 453 g/mol. The quantitative estimate of drug-likeness (QED) is 0.488. The molecule has 0 radical (unpaired) electrons. The van der Waals surface area contributed by atoms with E-state index in [-0.39, 0.29) is 17.9 Å². The number of ether oxygens (including phenoxy) is 1. The second kappa shape index (κ2) is 10.6. The maximum absolute atomic E-state index is 12.7. The van der Waals surface area contributed by atoms with Crippen LogP contribution in [0.4, 0.5) is 5.69 Å². The zero-order valence-electron chi connectivity index (χ0n) is 16.9. The molecule has 2 amide bonds. The van der Waals surface area contributed by atoms with Gasteiger partial charge in [0.1, 0.15) is 0 Å². The van der Waals surface area contributed by atoms with Crippen LogP contribution in [-0.2, 0) is 10.5 Å². The van der Waals surface area contributed by atoms with Crippen LogP contribution in [0.3, 0.4) is 0 Å². The van der Waals surface area contributed by atoms with Gasteiger partial charge in [0.15, 0.2) is 0 Å². The fraction of sp³-hybridized carbons (Fsp3) is 0.261. The van der Waals surface area contributed by atoms with Crippen LogP contribution in [0.5, 0.6) is 0 Å². The first-order chi connectivity index (χ1) is 15.2. The highest BCUT2D eigenvalue weighted by Crippen LogP contribution is 2.24. The number of amides is 2. The van der Waals surface area contributed by atoms with Gasteiger partial charge in [-0.25, -0.2) is 4.98 Å². The molecule has 0 saturated carbocycles. The number of carbonyl (C=O) groups excluding carboxylic acids is 2. The van der Waals surface area contributed by atoms with Crippen molar-refractivity contribution in [3.63, 3.8) is 0 Å². The van der Waals surface area contributed by atoms with Gasteiger partial charge in [0.2, 0.25) is 0 Å². The number of carbonyl (C=O) groups is 2. The summed E-state index contributed by atoms with van der Waals surface area (Å²) in [4.78, 5) is 30.7. The molecule has 1 aromatic heterocycles. The van der Waals surface area contributed by atoms with E-state index in [9.17, 15) is 9.59 Å². The minimum atomic E-state index is -0.254. The van der Waals surface area contributed by atoms with Crippen LogP contribution in [0.15, 0.2) is 64.3 Å². The van der Waals surface area contributed by atoms with Crippen molar-refractivity contribution in [2.75, 3.05) is 18.5 Å². The Kier molecular flexibility index (Phi) is 7.35. The third kappa shape index (κ3) is 5.94. The molecule has 1 saturated heterocycles. The van der Waals surface area contributed by atoms with Gasteiger partial charge in [-0.3, -0.25) is 9.59 Å². The van der Waals surface area contributed by atoms with Crippen molar-refractivity contribution >= 4 is 40.6 Å². The van der Waals surface area contributed by atoms with E-state index >= 15 is 0 Å². The average molecular weight is 454 g/mol. The summed E-state index contributed by atoms with van der Waals surface area (Å²) in [5.41, 5.74) is 4.33.